The average Bonchev–Trinajstić information content (AvgIpc) is 2.74. The number of hydrogen-bond acceptors (Lipinski definition) is 5. The van der Waals surface area contributed by atoms with E-state index in [1.807, 2.05) is 26.0 Å². The molecule has 0 N–H and O–H groups in total. The minimum atomic E-state index is -3.93. The van der Waals surface area contributed by atoms with Crippen molar-refractivity contribution in [2.24, 2.45) is 0 Å². The minimum Gasteiger partial charge on any atom is -0.494 e. The van der Waals surface area contributed by atoms with Crippen LogP contribution in [-0.2, 0) is 19.6 Å². The number of anilines is 1. The van der Waals surface area contributed by atoms with Gasteiger partial charge in [0.2, 0.25) is 5.91 Å². The first-order valence-corrected chi connectivity index (χ1v) is 11.0. The molecule has 156 valence electrons. The number of amides is 1. The molecule has 0 unspecified atom stereocenters. The summed E-state index contributed by atoms with van der Waals surface area (Å²) in [4.78, 5) is 14.6. The average molecular weight is 419 g/mol. The molecule has 1 saturated heterocycles. The molecule has 7 nitrogen and oxygen atoms in total. The van der Waals surface area contributed by atoms with Gasteiger partial charge < -0.3 is 14.4 Å². The maximum absolute atomic E-state index is 13.4. The van der Waals surface area contributed by atoms with Gasteiger partial charge in [-0.3, -0.25) is 9.10 Å². The molecule has 0 saturated carbocycles. The summed E-state index contributed by atoms with van der Waals surface area (Å²) < 4.78 is 38.6. The van der Waals surface area contributed by atoms with Gasteiger partial charge in [0.15, 0.2) is 0 Å². The van der Waals surface area contributed by atoms with Crippen LogP contribution >= 0.6 is 0 Å². The van der Waals surface area contributed by atoms with Gasteiger partial charge in [-0.05, 0) is 50.2 Å². The number of carbonyl (C=O) groups excluding carboxylic acids is 1. The number of aryl methyl sites for hydroxylation is 1. The molecule has 29 heavy (non-hydrogen) atoms. The molecule has 0 radical (unpaired) electrons. The minimum absolute atomic E-state index is 0.108. The third-order valence-electron chi connectivity index (χ3n) is 4.69. The first-order chi connectivity index (χ1) is 13.9. The van der Waals surface area contributed by atoms with E-state index in [1.54, 1.807) is 29.2 Å². The zero-order valence-electron chi connectivity index (χ0n) is 16.7. The largest absolute Gasteiger partial charge is 0.494 e. The van der Waals surface area contributed by atoms with Crippen LogP contribution in [0.25, 0.3) is 0 Å². The van der Waals surface area contributed by atoms with Gasteiger partial charge >= 0.3 is 0 Å². The maximum Gasteiger partial charge on any atom is 0.264 e. The predicted octanol–water partition coefficient (Wildman–Crippen LogP) is 2.45. The van der Waals surface area contributed by atoms with Gasteiger partial charge in [0, 0.05) is 13.1 Å². The molecule has 0 atom stereocenters. The fourth-order valence-corrected chi connectivity index (χ4v) is 4.48. The Hall–Kier alpha value is -2.58. The lowest BCUT2D eigenvalue weighted by atomic mass is 10.2. The van der Waals surface area contributed by atoms with Crippen molar-refractivity contribution < 1.29 is 22.7 Å². The quantitative estimate of drug-likeness (QED) is 0.690. The van der Waals surface area contributed by atoms with E-state index >= 15 is 0 Å². The summed E-state index contributed by atoms with van der Waals surface area (Å²) >= 11 is 0. The van der Waals surface area contributed by atoms with Crippen molar-refractivity contribution in [1.29, 1.82) is 0 Å². The number of benzene rings is 2. The van der Waals surface area contributed by atoms with Crippen LogP contribution in [0.15, 0.2) is 53.4 Å². The second-order valence-electron chi connectivity index (χ2n) is 6.74. The van der Waals surface area contributed by atoms with Crippen LogP contribution in [0.3, 0.4) is 0 Å². The van der Waals surface area contributed by atoms with Crippen LogP contribution in [0, 0.1) is 6.92 Å². The molecule has 1 aliphatic rings. The molecule has 2 aromatic rings. The van der Waals surface area contributed by atoms with Crippen LogP contribution in [0.4, 0.5) is 5.69 Å². The van der Waals surface area contributed by atoms with E-state index in [9.17, 15) is 13.2 Å². The molecule has 0 bridgehead atoms. The number of ether oxygens (including phenoxy) is 2. The smallest absolute Gasteiger partial charge is 0.264 e. The lowest BCUT2D eigenvalue weighted by Gasteiger charge is -2.30. The van der Waals surface area contributed by atoms with Crippen molar-refractivity contribution in [2.45, 2.75) is 18.7 Å². The number of hydrogen-bond donors (Lipinski definition) is 0. The maximum atomic E-state index is 13.4. The van der Waals surface area contributed by atoms with E-state index in [1.165, 1.54) is 16.4 Å². The van der Waals surface area contributed by atoms with Gasteiger partial charge in [0.25, 0.3) is 10.0 Å². The molecule has 2 aromatic carbocycles. The summed E-state index contributed by atoms with van der Waals surface area (Å²) in [6, 6.07) is 13.3. The van der Waals surface area contributed by atoms with Gasteiger partial charge in [-0.1, -0.05) is 17.7 Å². The summed E-state index contributed by atoms with van der Waals surface area (Å²) in [7, 11) is -3.93. The highest BCUT2D eigenvalue weighted by molar-refractivity contribution is 7.92. The van der Waals surface area contributed by atoms with Crippen LogP contribution < -0.4 is 9.04 Å². The van der Waals surface area contributed by atoms with E-state index in [0.717, 1.165) is 5.56 Å². The zero-order valence-corrected chi connectivity index (χ0v) is 17.5. The van der Waals surface area contributed by atoms with E-state index < -0.39 is 10.0 Å². The Morgan fingerprint density at radius 2 is 1.69 bits per heavy atom. The van der Waals surface area contributed by atoms with E-state index in [2.05, 4.69) is 0 Å². The van der Waals surface area contributed by atoms with Gasteiger partial charge in [0.1, 0.15) is 12.3 Å². The molecule has 1 aliphatic heterocycles. The molecular formula is C21H26N2O5S. The van der Waals surface area contributed by atoms with Crippen molar-refractivity contribution in [1.82, 2.24) is 4.90 Å². The summed E-state index contributed by atoms with van der Waals surface area (Å²) in [5.74, 6) is 0.348. The summed E-state index contributed by atoms with van der Waals surface area (Å²) in [5.41, 5.74) is 1.46. The van der Waals surface area contributed by atoms with Crippen molar-refractivity contribution in [2.75, 3.05) is 43.8 Å². The molecule has 3 rings (SSSR count). The highest BCUT2D eigenvalue weighted by atomic mass is 32.2. The SMILES string of the molecule is CCOc1ccc(S(=O)(=O)N(CC(=O)N2CCOCC2)c2ccc(C)cc2)cc1. The van der Waals surface area contributed by atoms with Gasteiger partial charge in [-0.15, -0.1) is 0 Å². The predicted molar refractivity (Wildman–Crippen MR) is 111 cm³/mol. The monoisotopic (exact) mass is 418 g/mol. The molecular weight excluding hydrogens is 392 g/mol. The third kappa shape index (κ3) is 5.07. The molecule has 0 spiro atoms. The Kier molecular flexibility index (Phi) is 6.76. The van der Waals surface area contributed by atoms with Gasteiger partial charge in [0.05, 0.1) is 30.4 Å². The van der Waals surface area contributed by atoms with Crippen LogP contribution in [-0.4, -0.2) is 58.7 Å². The highest BCUT2D eigenvalue weighted by Gasteiger charge is 2.29. The summed E-state index contributed by atoms with van der Waals surface area (Å²) in [6.07, 6.45) is 0. The first-order valence-electron chi connectivity index (χ1n) is 9.59. The first kappa shape index (κ1) is 21.1. The van der Waals surface area contributed by atoms with E-state index in [4.69, 9.17) is 9.47 Å². The molecule has 1 fully saturated rings. The Morgan fingerprint density at radius 1 is 1.07 bits per heavy atom. The Bertz CT molecular complexity index is 921. The summed E-state index contributed by atoms with van der Waals surface area (Å²) in [6.45, 7) is 5.86. The van der Waals surface area contributed by atoms with Crippen LogP contribution in [0.1, 0.15) is 12.5 Å². The Balaban J connectivity index is 1.92. The van der Waals surface area contributed by atoms with Gasteiger partial charge in [-0.25, -0.2) is 8.42 Å². The lowest BCUT2D eigenvalue weighted by molar-refractivity contribution is -0.133. The van der Waals surface area contributed by atoms with Crippen LogP contribution in [0.2, 0.25) is 0 Å². The molecule has 0 aromatic heterocycles. The number of carbonyl (C=O) groups is 1. The molecule has 8 heteroatoms. The lowest BCUT2D eigenvalue weighted by Crippen LogP contribution is -2.47. The molecule has 1 amide bonds. The topological polar surface area (TPSA) is 76.2 Å². The second kappa shape index (κ2) is 9.28. The fourth-order valence-electron chi connectivity index (χ4n) is 3.06. The Morgan fingerprint density at radius 3 is 2.28 bits per heavy atom. The Labute approximate surface area is 171 Å². The zero-order chi connectivity index (χ0) is 20.9. The van der Waals surface area contributed by atoms with Crippen molar-refractivity contribution in [3.8, 4) is 5.75 Å². The van der Waals surface area contributed by atoms with E-state index in [0.29, 0.717) is 44.3 Å². The highest BCUT2D eigenvalue weighted by Crippen LogP contribution is 2.26. The number of morpholine rings is 1. The number of sulfonamides is 1. The number of rotatable bonds is 7. The second-order valence-corrected chi connectivity index (χ2v) is 8.61. The van der Waals surface area contributed by atoms with Crippen molar-refractivity contribution in [3.63, 3.8) is 0 Å². The summed E-state index contributed by atoms with van der Waals surface area (Å²) in [5, 5.41) is 0. The molecule has 0 aliphatic carbocycles. The van der Waals surface area contributed by atoms with Crippen molar-refractivity contribution in [3.05, 3.63) is 54.1 Å². The van der Waals surface area contributed by atoms with E-state index in [-0.39, 0.29) is 17.3 Å². The van der Waals surface area contributed by atoms with Crippen molar-refractivity contribution >= 4 is 21.6 Å². The van der Waals surface area contributed by atoms with Crippen LogP contribution in [0.5, 0.6) is 5.75 Å². The third-order valence-corrected chi connectivity index (χ3v) is 6.48. The standard InChI is InChI=1S/C21H26N2O5S/c1-3-28-19-8-10-20(11-9-19)29(25,26)23(18-6-4-17(2)5-7-18)16-21(24)22-12-14-27-15-13-22/h4-11H,3,12-16H2,1-2H3. The normalized spacial score (nSPS) is 14.5. The van der Waals surface area contributed by atoms with Gasteiger partial charge in [-0.2, -0.15) is 0 Å². The molecule has 1 heterocycles. The number of nitrogens with zero attached hydrogens (tertiary/aromatic N) is 2. The fraction of sp³-hybridized carbons (Fsp3) is 0.381.